The van der Waals surface area contributed by atoms with Crippen molar-refractivity contribution in [1.29, 1.82) is 0 Å². The Morgan fingerprint density at radius 3 is 2.65 bits per heavy atom. The van der Waals surface area contributed by atoms with Gasteiger partial charge < -0.3 is 10.8 Å². The highest BCUT2D eigenvalue weighted by Gasteiger charge is 2.34. The van der Waals surface area contributed by atoms with E-state index in [2.05, 4.69) is 11.9 Å². The summed E-state index contributed by atoms with van der Waals surface area (Å²) in [6.07, 6.45) is 6.81. The lowest BCUT2D eigenvalue weighted by molar-refractivity contribution is 0.0664. The van der Waals surface area contributed by atoms with E-state index in [1.807, 2.05) is 12.1 Å². The molecule has 3 N–H and O–H groups in total. The van der Waals surface area contributed by atoms with Gasteiger partial charge in [-0.25, -0.2) is 0 Å². The monoisotopic (exact) mass is 234 g/mol. The molecule has 1 heterocycles. The van der Waals surface area contributed by atoms with Crippen LogP contribution in [0.15, 0.2) is 24.5 Å². The minimum absolute atomic E-state index is 0.0450. The largest absolute Gasteiger partial charge is 0.392 e. The summed E-state index contributed by atoms with van der Waals surface area (Å²) >= 11 is 0. The molecule has 1 saturated carbocycles. The predicted octanol–water partition coefficient (Wildman–Crippen LogP) is 1.92. The Morgan fingerprint density at radius 2 is 2.12 bits per heavy atom. The number of hydrogen-bond acceptors (Lipinski definition) is 3. The molecule has 1 fully saturated rings. The maximum Gasteiger partial charge on any atom is 0.0651 e. The van der Waals surface area contributed by atoms with E-state index in [1.54, 1.807) is 12.4 Å². The lowest BCUT2D eigenvalue weighted by Gasteiger charge is -2.29. The Morgan fingerprint density at radius 1 is 1.41 bits per heavy atom. The molecule has 3 heteroatoms. The quantitative estimate of drug-likeness (QED) is 0.836. The number of aromatic nitrogens is 1. The zero-order valence-electron chi connectivity index (χ0n) is 10.4. The molecule has 1 aromatic heterocycles. The third kappa shape index (κ3) is 2.67. The van der Waals surface area contributed by atoms with Gasteiger partial charge in [0.05, 0.1) is 6.10 Å². The van der Waals surface area contributed by atoms with E-state index in [-0.39, 0.29) is 12.0 Å². The molecule has 0 aromatic carbocycles. The second-order valence-electron chi connectivity index (χ2n) is 5.19. The SMILES string of the molecule is CC1CCCC1C(O)C(CN)c1ccncc1. The van der Waals surface area contributed by atoms with Crippen molar-refractivity contribution in [3.8, 4) is 0 Å². The van der Waals surface area contributed by atoms with Crippen LogP contribution in [0.3, 0.4) is 0 Å². The van der Waals surface area contributed by atoms with E-state index < -0.39 is 0 Å². The van der Waals surface area contributed by atoms with E-state index in [0.29, 0.717) is 18.4 Å². The zero-order chi connectivity index (χ0) is 12.3. The molecule has 1 aromatic rings. The van der Waals surface area contributed by atoms with Gasteiger partial charge in [0.2, 0.25) is 0 Å². The van der Waals surface area contributed by atoms with Crippen molar-refractivity contribution < 1.29 is 5.11 Å². The molecule has 0 radical (unpaired) electrons. The van der Waals surface area contributed by atoms with Gasteiger partial charge in [-0.05, 0) is 36.0 Å². The number of aliphatic hydroxyl groups excluding tert-OH is 1. The normalized spacial score (nSPS) is 27.9. The number of nitrogens with zero attached hydrogens (tertiary/aromatic N) is 1. The number of rotatable bonds is 4. The van der Waals surface area contributed by atoms with Crippen LogP contribution in [0, 0.1) is 11.8 Å². The van der Waals surface area contributed by atoms with Crippen LogP contribution in [-0.4, -0.2) is 22.7 Å². The zero-order valence-corrected chi connectivity index (χ0v) is 10.4. The fourth-order valence-electron chi connectivity index (χ4n) is 3.06. The third-order valence-electron chi connectivity index (χ3n) is 4.17. The summed E-state index contributed by atoms with van der Waals surface area (Å²) in [6, 6.07) is 3.92. The van der Waals surface area contributed by atoms with Gasteiger partial charge in [0.15, 0.2) is 0 Å². The first-order chi connectivity index (χ1) is 8.24. The van der Waals surface area contributed by atoms with Gasteiger partial charge in [0.25, 0.3) is 0 Å². The Bertz CT molecular complexity index is 341. The molecule has 17 heavy (non-hydrogen) atoms. The number of nitrogens with two attached hydrogens (primary N) is 1. The van der Waals surface area contributed by atoms with Gasteiger partial charge >= 0.3 is 0 Å². The highest BCUT2D eigenvalue weighted by Crippen LogP contribution is 2.38. The second-order valence-corrected chi connectivity index (χ2v) is 5.19. The van der Waals surface area contributed by atoms with Gasteiger partial charge in [-0.15, -0.1) is 0 Å². The lowest BCUT2D eigenvalue weighted by Crippen LogP contribution is -2.33. The van der Waals surface area contributed by atoms with Gasteiger partial charge in [-0.1, -0.05) is 19.8 Å². The van der Waals surface area contributed by atoms with Crippen molar-refractivity contribution in [1.82, 2.24) is 4.98 Å². The highest BCUT2D eigenvalue weighted by molar-refractivity contribution is 5.18. The van der Waals surface area contributed by atoms with Crippen molar-refractivity contribution in [2.75, 3.05) is 6.54 Å². The molecular formula is C14H22N2O. The molecular weight excluding hydrogens is 212 g/mol. The molecule has 0 saturated heterocycles. The van der Waals surface area contributed by atoms with Crippen LogP contribution in [0.25, 0.3) is 0 Å². The Balaban J connectivity index is 2.13. The van der Waals surface area contributed by atoms with Crippen LogP contribution in [0.5, 0.6) is 0 Å². The summed E-state index contributed by atoms with van der Waals surface area (Å²) < 4.78 is 0. The standard InChI is InChI=1S/C14H22N2O/c1-10-3-2-4-12(10)14(17)13(9-15)11-5-7-16-8-6-11/h5-8,10,12-14,17H,2-4,9,15H2,1H3. The molecule has 4 unspecified atom stereocenters. The van der Waals surface area contributed by atoms with Gasteiger partial charge in [0.1, 0.15) is 0 Å². The average molecular weight is 234 g/mol. The molecule has 2 rings (SSSR count). The lowest BCUT2D eigenvalue weighted by atomic mass is 9.81. The predicted molar refractivity (Wildman–Crippen MR) is 68.5 cm³/mol. The summed E-state index contributed by atoms with van der Waals surface area (Å²) in [5.74, 6) is 1.06. The number of hydrogen-bond donors (Lipinski definition) is 2. The van der Waals surface area contributed by atoms with Crippen molar-refractivity contribution in [2.45, 2.75) is 38.2 Å². The minimum Gasteiger partial charge on any atom is -0.392 e. The van der Waals surface area contributed by atoms with Crippen LogP contribution in [-0.2, 0) is 0 Å². The van der Waals surface area contributed by atoms with Crippen LogP contribution < -0.4 is 5.73 Å². The van der Waals surface area contributed by atoms with Crippen LogP contribution >= 0.6 is 0 Å². The first-order valence-electron chi connectivity index (χ1n) is 6.52. The van der Waals surface area contributed by atoms with Crippen molar-refractivity contribution in [2.24, 2.45) is 17.6 Å². The van der Waals surface area contributed by atoms with E-state index in [9.17, 15) is 5.11 Å². The summed E-state index contributed by atoms with van der Waals surface area (Å²) in [7, 11) is 0. The summed E-state index contributed by atoms with van der Waals surface area (Å²) in [4.78, 5) is 4.01. The first kappa shape index (κ1) is 12.5. The minimum atomic E-state index is -0.320. The highest BCUT2D eigenvalue weighted by atomic mass is 16.3. The van der Waals surface area contributed by atoms with E-state index in [0.717, 1.165) is 12.0 Å². The van der Waals surface area contributed by atoms with Gasteiger partial charge in [-0.2, -0.15) is 0 Å². The maximum absolute atomic E-state index is 10.5. The molecule has 3 nitrogen and oxygen atoms in total. The van der Waals surface area contributed by atoms with Crippen molar-refractivity contribution in [3.63, 3.8) is 0 Å². The Labute approximate surface area is 103 Å². The fourth-order valence-corrected chi connectivity index (χ4v) is 3.06. The third-order valence-corrected chi connectivity index (χ3v) is 4.17. The number of pyridine rings is 1. The summed E-state index contributed by atoms with van der Waals surface area (Å²) in [6.45, 7) is 2.73. The number of aliphatic hydroxyl groups is 1. The van der Waals surface area contributed by atoms with Crippen molar-refractivity contribution in [3.05, 3.63) is 30.1 Å². The van der Waals surface area contributed by atoms with Gasteiger partial charge in [-0.3, -0.25) is 4.98 Å². The Kier molecular flexibility index (Phi) is 4.13. The fraction of sp³-hybridized carbons (Fsp3) is 0.643. The first-order valence-corrected chi connectivity index (χ1v) is 6.52. The molecule has 94 valence electrons. The van der Waals surface area contributed by atoms with Crippen LogP contribution in [0.4, 0.5) is 0 Å². The van der Waals surface area contributed by atoms with Crippen LogP contribution in [0.2, 0.25) is 0 Å². The van der Waals surface area contributed by atoms with Crippen molar-refractivity contribution >= 4 is 0 Å². The van der Waals surface area contributed by atoms with E-state index >= 15 is 0 Å². The molecule has 0 bridgehead atoms. The average Bonchev–Trinajstić information content (AvgIpc) is 2.77. The van der Waals surface area contributed by atoms with E-state index in [1.165, 1.54) is 12.8 Å². The molecule has 1 aliphatic carbocycles. The molecule has 1 aliphatic rings. The second kappa shape index (κ2) is 5.61. The smallest absolute Gasteiger partial charge is 0.0651 e. The molecule has 0 amide bonds. The summed E-state index contributed by atoms with van der Waals surface area (Å²) in [5, 5.41) is 10.5. The molecule has 0 spiro atoms. The molecule has 4 atom stereocenters. The van der Waals surface area contributed by atoms with Crippen LogP contribution in [0.1, 0.15) is 37.7 Å². The Hall–Kier alpha value is -0.930. The topological polar surface area (TPSA) is 59.1 Å². The summed E-state index contributed by atoms with van der Waals surface area (Å²) in [5.41, 5.74) is 6.94. The van der Waals surface area contributed by atoms with Gasteiger partial charge in [0, 0.05) is 24.9 Å². The van der Waals surface area contributed by atoms with E-state index in [4.69, 9.17) is 5.73 Å². The molecule has 0 aliphatic heterocycles. The maximum atomic E-state index is 10.5.